The van der Waals surface area contributed by atoms with Crippen LogP contribution in [0.25, 0.3) is 0 Å². The molecule has 0 amide bonds. The van der Waals surface area contributed by atoms with E-state index < -0.39 is 0 Å². The molecule has 1 aromatic heterocycles. The molecule has 0 aliphatic carbocycles. The Hall–Kier alpha value is -2.57. The first-order valence-electron chi connectivity index (χ1n) is 9.38. The van der Waals surface area contributed by atoms with E-state index >= 15 is 0 Å². The quantitative estimate of drug-likeness (QED) is 0.450. The standard InChI is InChI=1S/C19H28N6O/c1-3-20-19(21-12-7-10-18-22-15(2)24-26-18)23-16-11-13-25(14-16)17-8-5-4-6-9-17/h4-6,8-9,16H,3,7,10-14H2,1-2H3,(H2,20,21,23). The largest absolute Gasteiger partial charge is 0.369 e. The fraction of sp³-hybridized carbons (Fsp3) is 0.526. The average Bonchev–Trinajstić information content (AvgIpc) is 3.29. The number of nitrogens with one attached hydrogen (secondary N) is 2. The summed E-state index contributed by atoms with van der Waals surface area (Å²) >= 11 is 0. The van der Waals surface area contributed by atoms with Crippen LogP contribution >= 0.6 is 0 Å². The lowest BCUT2D eigenvalue weighted by molar-refractivity contribution is 0.372. The number of nitrogens with zero attached hydrogens (tertiary/aromatic N) is 4. The maximum Gasteiger partial charge on any atom is 0.226 e. The summed E-state index contributed by atoms with van der Waals surface area (Å²) in [4.78, 5) is 11.3. The van der Waals surface area contributed by atoms with Gasteiger partial charge in [0.15, 0.2) is 11.8 Å². The number of guanidine groups is 1. The molecule has 0 bridgehead atoms. The predicted molar refractivity (Wildman–Crippen MR) is 104 cm³/mol. The summed E-state index contributed by atoms with van der Waals surface area (Å²) in [6.07, 6.45) is 2.76. The zero-order valence-electron chi connectivity index (χ0n) is 15.6. The highest BCUT2D eigenvalue weighted by Crippen LogP contribution is 2.19. The van der Waals surface area contributed by atoms with Gasteiger partial charge in [0.2, 0.25) is 5.89 Å². The smallest absolute Gasteiger partial charge is 0.226 e. The molecule has 1 unspecified atom stereocenters. The topological polar surface area (TPSA) is 78.6 Å². The van der Waals surface area contributed by atoms with Crippen molar-refractivity contribution in [3.63, 3.8) is 0 Å². The highest BCUT2D eigenvalue weighted by Gasteiger charge is 2.23. The fourth-order valence-corrected chi connectivity index (χ4v) is 3.13. The van der Waals surface area contributed by atoms with Crippen molar-refractivity contribution < 1.29 is 4.52 Å². The number of hydrogen-bond donors (Lipinski definition) is 2. The van der Waals surface area contributed by atoms with E-state index in [0.29, 0.717) is 17.8 Å². The fourth-order valence-electron chi connectivity index (χ4n) is 3.13. The Morgan fingerprint density at radius 2 is 2.19 bits per heavy atom. The lowest BCUT2D eigenvalue weighted by Gasteiger charge is -2.20. The number of aromatic nitrogens is 2. The van der Waals surface area contributed by atoms with E-state index in [1.807, 2.05) is 6.92 Å². The van der Waals surface area contributed by atoms with Crippen LogP contribution in [0.4, 0.5) is 5.69 Å². The van der Waals surface area contributed by atoms with Crippen molar-refractivity contribution in [2.45, 2.75) is 39.2 Å². The molecular weight excluding hydrogens is 328 g/mol. The predicted octanol–water partition coefficient (Wildman–Crippen LogP) is 2.14. The average molecular weight is 356 g/mol. The Labute approximate surface area is 154 Å². The van der Waals surface area contributed by atoms with Gasteiger partial charge in [-0.2, -0.15) is 4.98 Å². The number of rotatable bonds is 7. The van der Waals surface area contributed by atoms with E-state index in [0.717, 1.165) is 51.4 Å². The molecule has 7 nitrogen and oxygen atoms in total. The van der Waals surface area contributed by atoms with Gasteiger partial charge in [-0.3, -0.25) is 4.99 Å². The summed E-state index contributed by atoms with van der Waals surface area (Å²) in [7, 11) is 0. The molecule has 1 aliphatic heterocycles. The second kappa shape index (κ2) is 9.22. The van der Waals surface area contributed by atoms with Crippen molar-refractivity contribution in [3.8, 4) is 0 Å². The van der Waals surface area contributed by atoms with Gasteiger partial charge in [0.05, 0.1) is 0 Å². The van der Waals surface area contributed by atoms with E-state index in [-0.39, 0.29) is 0 Å². The normalized spacial score (nSPS) is 17.5. The van der Waals surface area contributed by atoms with Crippen LogP contribution in [0.5, 0.6) is 0 Å². The van der Waals surface area contributed by atoms with E-state index in [1.165, 1.54) is 5.69 Å². The molecule has 0 saturated carbocycles. The van der Waals surface area contributed by atoms with Crippen molar-refractivity contribution in [3.05, 3.63) is 42.0 Å². The summed E-state index contributed by atoms with van der Waals surface area (Å²) in [5, 5.41) is 10.7. The monoisotopic (exact) mass is 356 g/mol. The number of aliphatic imine (C=N–C) groups is 1. The van der Waals surface area contributed by atoms with Gasteiger partial charge in [-0.15, -0.1) is 0 Å². The van der Waals surface area contributed by atoms with Crippen LogP contribution < -0.4 is 15.5 Å². The first-order valence-corrected chi connectivity index (χ1v) is 9.38. The molecule has 0 spiro atoms. The summed E-state index contributed by atoms with van der Waals surface area (Å²) in [5.41, 5.74) is 1.29. The zero-order chi connectivity index (χ0) is 18.2. The highest BCUT2D eigenvalue weighted by molar-refractivity contribution is 5.80. The Kier molecular flexibility index (Phi) is 6.46. The molecule has 7 heteroatoms. The van der Waals surface area contributed by atoms with Gasteiger partial charge in [-0.1, -0.05) is 23.4 Å². The highest BCUT2D eigenvalue weighted by atomic mass is 16.5. The summed E-state index contributed by atoms with van der Waals surface area (Å²) in [5.74, 6) is 2.25. The number of benzene rings is 1. The molecule has 0 radical (unpaired) electrons. The SMILES string of the molecule is CCNC(=NCCCc1nc(C)no1)NC1CCN(c2ccccc2)C1. The Bertz CT molecular complexity index is 699. The van der Waals surface area contributed by atoms with Gasteiger partial charge in [-0.25, -0.2) is 0 Å². The molecule has 2 aromatic rings. The van der Waals surface area contributed by atoms with Crippen molar-refractivity contribution in [2.24, 2.45) is 4.99 Å². The van der Waals surface area contributed by atoms with Crippen LogP contribution in [0.1, 0.15) is 31.5 Å². The van der Waals surface area contributed by atoms with Crippen molar-refractivity contribution in [1.29, 1.82) is 0 Å². The second-order valence-electron chi connectivity index (χ2n) is 6.51. The minimum absolute atomic E-state index is 0.409. The van der Waals surface area contributed by atoms with Gasteiger partial charge < -0.3 is 20.1 Å². The summed E-state index contributed by atoms with van der Waals surface area (Å²) in [6, 6.07) is 11.0. The molecule has 3 rings (SSSR count). The molecule has 2 heterocycles. The van der Waals surface area contributed by atoms with E-state index in [2.05, 4.69) is 67.9 Å². The van der Waals surface area contributed by atoms with Gasteiger partial charge in [-0.05, 0) is 38.8 Å². The van der Waals surface area contributed by atoms with Gasteiger partial charge in [0.1, 0.15) is 0 Å². The zero-order valence-corrected chi connectivity index (χ0v) is 15.6. The molecule has 2 N–H and O–H groups in total. The first-order chi connectivity index (χ1) is 12.7. The second-order valence-corrected chi connectivity index (χ2v) is 6.51. The van der Waals surface area contributed by atoms with Gasteiger partial charge in [0, 0.05) is 44.3 Å². The maximum absolute atomic E-state index is 5.13. The third kappa shape index (κ3) is 5.21. The van der Waals surface area contributed by atoms with Gasteiger partial charge >= 0.3 is 0 Å². The van der Waals surface area contributed by atoms with E-state index in [9.17, 15) is 0 Å². The van der Waals surface area contributed by atoms with Crippen LogP contribution in [0.3, 0.4) is 0 Å². The van der Waals surface area contributed by atoms with Gasteiger partial charge in [0.25, 0.3) is 0 Å². The summed E-state index contributed by atoms with van der Waals surface area (Å²) < 4.78 is 5.13. The Morgan fingerprint density at radius 1 is 1.35 bits per heavy atom. The molecule has 1 fully saturated rings. The molecule has 1 atom stereocenters. The van der Waals surface area contributed by atoms with E-state index in [4.69, 9.17) is 4.52 Å². The van der Waals surface area contributed by atoms with Crippen LogP contribution in [0.15, 0.2) is 39.8 Å². The molecular formula is C19H28N6O. The first kappa shape index (κ1) is 18.2. The van der Waals surface area contributed by atoms with Crippen molar-refractivity contribution >= 4 is 11.6 Å². The Balaban J connectivity index is 1.47. The minimum atomic E-state index is 0.409. The van der Waals surface area contributed by atoms with Crippen molar-refractivity contribution in [2.75, 3.05) is 31.1 Å². The van der Waals surface area contributed by atoms with Crippen LogP contribution in [0.2, 0.25) is 0 Å². The molecule has 140 valence electrons. The molecule has 1 saturated heterocycles. The number of anilines is 1. The third-order valence-corrected chi connectivity index (χ3v) is 4.38. The third-order valence-electron chi connectivity index (χ3n) is 4.38. The minimum Gasteiger partial charge on any atom is -0.369 e. The summed E-state index contributed by atoms with van der Waals surface area (Å²) in [6.45, 7) is 7.56. The van der Waals surface area contributed by atoms with E-state index in [1.54, 1.807) is 0 Å². The van der Waals surface area contributed by atoms with Crippen LogP contribution in [0, 0.1) is 6.92 Å². The number of para-hydroxylation sites is 1. The number of hydrogen-bond acceptors (Lipinski definition) is 5. The van der Waals surface area contributed by atoms with Crippen LogP contribution in [-0.4, -0.2) is 48.3 Å². The maximum atomic E-state index is 5.13. The van der Waals surface area contributed by atoms with Crippen LogP contribution in [-0.2, 0) is 6.42 Å². The lowest BCUT2D eigenvalue weighted by Crippen LogP contribution is -2.44. The molecule has 1 aromatic carbocycles. The molecule has 1 aliphatic rings. The number of aryl methyl sites for hydroxylation is 2. The molecule has 26 heavy (non-hydrogen) atoms. The Morgan fingerprint density at radius 3 is 2.92 bits per heavy atom. The van der Waals surface area contributed by atoms with Crippen molar-refractivity contribution in [1.82, 2.24) is 20.8 Å². The lowest BCUT2D eigenvalue weighted by atomic mass is 10.2.